The zero-order chi connectivity index (χ0) is 15.9. The predicted octanol–water partition coefficient (Wildman–Crippen LogP) is 2.80. The summed E-state index contributed by atoms with van der Waals surface area (Å²) < 4.78 is 10.3. The van der Waals surface area contributed by atoms with Crippen LogP contribution < -0.4 is 10.1 Å². The number of carbonyl (C=O) groups excluding carboxylic acids is 2. The lowest BCUT2D eigenvalue weighted by molar-refractivity contribution is -0.147. The Hall–Kier alpha value is -2.04. The number of ether oxygens (including phenoxy) is 2. The lowest BCUT2D eigenvalue weighted by Gasteiger charge is -2.29. The summed E-state index contributed by atoms with van der Waals surface area (Å²) in [6.07, 6.45) is 3.15. The molecule has 0 aromatic heterocycles. The molecule has 120 valence electrons. The van der Waals surface area contributed by atoms with Crippen LogP contribution in [0.1, 0.15) is 32.6 Å². The molecule has 1 N–H and O–H groups in total. The molecule has 0 aliphatic heterocycles. The average molecular weight is 305 g/mol. The molecule has 2 rings (SSSR count). The van der Waals surface area contributed by atoms with E-state index in [1.807, 2.05) is 24.3 Å². The SMILES string of the molecule is CCOC(=O)[C@@H](Nc1ccc(OC)cc1)C1CCCCC1=O. The maximum Gasteiger partial charge on any atom is 0.329 e. The Morgan fingerprint density at radius 2 is 2.05 bits per heavy atom. The summed E-state index contributed by atoms with van der Waals surface area (Å²) in [6, 6.07) is 6.66. The van der Waals surface area contributed by atoms with Crippen LogP contribution in [-0.2, 0) is 14.3 Å². The molecule has 1 aliphatic carbocycles. The van der Waals surface area contributed by atoms with Crippen LogP contribution in [0.3, 0.4) is 0 Å². The molecular weight excluding hydrogens is 282 g/mol. The van der Waals surface area contributed by atoms with Crippen molar-refractivity contribution in [3.05, 3.63) is 24.3 Å². The van der Waals surface area contributed by atoms with Crippen molar-refractivity contribution in [1.82, 2.24) is 0 Å². The molecule has 0 saturated heterocycles. The fraction of sp³-hybridized carbons (Fsp3) is 0.529. The van der Waals surface area contributed by atoms with E-state index in [-0.39, 0.29) is 17.7 Å². The molecular formula is C17H23NO4. The Morgan fingerprint density at radius 1 is 1.32 bits per heavy atom. The highest BCUT2D eigenvalue weighted by molar-refractivity contribution is 5.91. The van der Waals surface area contributed by atoms with Gasteiger partial charge in [0.25, 0.3) is 0 Å². The van der Waals surface area contributed by atoms with Crippen molar-refractivity contribution < 1.29 is 19.1 Å². The summed E-state index contributed by atoms with van der Waals surface area (Å²) >= 11 is 0. The summed E-state index contributed by atoms with van der Waals surface area (Å²) in [5.74, 6) is 0.214. The van der Waals surface area contributed by atoms with Gasteiger partial charge in [-0.1, -0.05) is 6.42 Å². The van der Waals surface area contributed by atoms with Crippen molar-refractivity contribution in [2.75, 3.05) is 19.0 Å². The van der Waals surface area contributed by atoms with Crippen molar-refractivity contribution >= 4 is 17.4 Å². The molecule has 0 bridgehead atoms. The van der Waals surface area contributed by atoms with E-state index in [1.54, 1.807) is 14.0 Å². The second-order valence-corrected chi connectivity index (χ2v) is 5.42. The van der Waals surface area contributed by atoms with Gasteiger partial charge in [0.05, 0.1) is 13.7 Å². The van der Waals surface area contributed by atoms with Gasteiger partial charge in [-0.25, -0.2) is 4.79 Å². The molecule has 2 atom stereocenters. The summed E-state index contributed by atoms with van der Waals surface area (Å²) in [5.41, 5.74) is 0.775. The number of carbonyl (C=O) groups is 2. The Balaban J connectivity index is 2.15. The molecule has 1 saturated carbocycles. The normalized spacial score (nSPS) is 19.4. The smallest absolute Gasteiger partial charge is 0.329 e. The number of benzene rings is 1. The van der Waals surface area contributed by atoms with Gasteiger partial charge in [-0.2, -0.15) is 0 Å². The fourth-order valence-corrected chi connectivity index (χ4v) is 2.79. The monoisotopic (exact) mass is 305 g/mol. The highest BCUT2D eigenvalue weighted by Gasteiger charge is 2.35. The average Bonchev–Trinajstić information content (AvgIpc) is 2.54. The van der Waals surface area contributed by atoms with Crippen molar-refractivity contribution in [2.45, 2.75) is 38.6 Å². The van der Waals surface area contributed by atoms with E-state index in [1.165, 1.54) is 0 Å². The summed E-state index contributed by atoms with van der Waals surface area (Å²) in [7, 11) is 1.60. The highest BCUT2D eigenvalue weighted by atomic mass is 16.5. The molecule has 5 heteroatoms. The van der Waals surface area contributed by atoms with Gasteiger partial charge in [0.15, 0.2) is 0 Å². The van der Waals surface area contributed by atoms with Crippen LogP contribution in [0.5, 0.6) is 5.75 Å². The first kappa shape index (κ1) is 16.3. The van der Waals surface area contributed by atoms with Gasteiger partial charge in [0.1, 0.15) is 17.6 Å². The number of anilines is 1. The van der Waals surface area contributed by atoms with E-state index in [0.717, 1.165) is 30.7 Å². The van der Waals surface area contributed by atoms with Crippen LogP contribution in [0.4, 0.5) is 5.69 Å². The summed E-state index contributed by atoms with van der Waals surface area (Å²) in [5, 5.41) is 3.16. The largest absolute Gasteiger partial charge is 0.497 e. The zero-order valence-corrected chi connectivity index (χ0v) is 13.1. The first-order valence-corrected chi connectivity index (χ1v) is 7.75. The molecule has 0 spiro atoms. The number of nitrogens with one attached hydrogen (secondary N) is 1. The maximum atomic E-state index is 12.3. The van der Waals surface area contributed by atoms with Gasteiger partial charge in [0, 0.05) is 18.0 Å². The molecule has 1 aromatic carbocycles. The first-order chi connectivity index (χ1) is 10.7. The number of ketones is 1. The molecule has 1 aliphatic rings. The van der Waals surface area contributed by atoms with E-state index < -0.39 is 6.04 Å². The third-order valence-electron chi connectivity index (χ3n) is 3.96. The number of methoxy groups -OCH3 is 1. The minimum atomic E-state index is -0.624. The first-order valence-electron chi connectivity index (χ1n) is 7.75. The van der Waals surface area contributed by atoms with Gasteiger partial charge < -0.3 is 14.8 Å². The minimum absolute atomic E-state index is 0.144. The summed E-state index contributed by atoms with van der Waals surface area (Å²) in [4.78, 5) is 24.4. The van der Waals surface area contributed by atoms with Gasteiger partial charge in [0.2, 0.25) is 0 Å². The van der Waals surface area contributed by atoms with Crippen LogP contribution in [0.2, 0.25) is 0 Å². The van der Waals surface area contributed by atoms with Gasteiger partial charge in [-0.3, -0.25) is 4.79 Å². The Kier molecular flexibility index (Phi) is 5.81. The number of Topliss-reactive ketones (excluding diaryl/α,β-unsaturated/α-hetero) is 1. The second kappa shape index (κ2) is 7.82. The third-order valence-corrected chi connectivity index (χ3v) is 3.96. The Bertz CT molecular complexity index is 512. The summed E-state index contributed by atoms with van der Waals surface area (Å²) in [6.45, 7) is 2.07. The molecule has 5 nitrogen and oxygen atoms in total. The van der Waals surface area contributed by atoms with Crippen molar-refractivity contribution in [3.8, 4) is 5.75 Å². The minimum Gasteiger partial charge on any atom is -0.497 e. The van der Waals surface area contributed by atoms with Crippen LogP contribution in [-0.4, -0.2) is 31.5 Å². The second-order valence-electron chi connectivity index (χ2n) is 5.42. The lowest BCUT2D eigenvalue weighted by Crippen LogP contribution is -2.43. The molecule has 1 aromatic rings. The van der Waals surface area contributed by atoms with Gasteiger partial charge in [-0.05, 0) is 44.0 Å². The predicted molar refractivity (Wildman–Crippen MR) is 84.0 cm³/mol. The van der Waals surface area contributed by atoms with E-state index in [4.69, 9.17) is 9.47 Å². The van der Waals surface area contributed by atoms with E-state index in [0.29, 0.717) is 13.0 Å². The van der Waals surface area contributed by atoms with Crippen LogP contribution in [0, 0.1) is 5.92 Å². The van der Waals surface area contributed by atoms with Crippen LogP contribution >= 0.6 is 0 Å². The Morgan fingerprint density at radius 3 is 2.64 bits per heavy atom. The van der Waals surface area contributed by atoms with Crippen molar-refractivity contribution in [1.29, 1.82) is 0 Å². The fourth-order valence-electron chi connectivity index (χ4n) is 2.79. The quantitative estimate of drug-likeness (QED) is 0.819. The number of hydrogen-bond donors (Lipinski definition) is 1. The number of hydrogen-bond acceptors (Lipinski definition) is 5. The number of rotatable bonds is 6. The van der Waals surface area contributed by atoms with Gasteiger partial charge in [-0.15, -0.1) is 0 Å². The topological polar surface area (TPSA) is 64.6 Å². The van der Waals surface area contributed by atoms with E-state index in [2.05, 4.69) is 5.32 Å². The lowest BCUT2D eigenvalue weighted by atomic mass is 9.82. The molecule has 1 unspecified atom stereocenters. The standard InChI is InChI=1S/C17H23NO4/c1-3-22-17(20)16(14-6-4-5-7-15(14)19)18-12-8-10-13(21-2)11-9-12/h8-11,14,16,18H,3-7H2,1-2H3/t14?,16-/m0/s1. The maximum absolute atomic E-state index is 12.3. The van der Waals surface area contributed by atoms with E-state index >= 15 is 0 Å². The van der Waals surface area contributed by atoms with Crippen molar-refractivity contribution in [2.24, 2.45) is 5.92 Å². The van der Waals surface area contributed by atoms with E-state index in [9.17, 15) is 9.59 Å². The Labute approximate surface area is 131 Å². The molecule has 22 heavy (non-hydrogen) atoms. The zero-order valence-electron chi connectivity index (χ0n) is 13.1. The van der Waals surface area contributed by atoms with Gasteiger partial charge >= 0.3 is 5.97 Å². The van der Waals surface area contributed by atoms with Crippen LogP contribution in [0.15, 0.2) is 24.3 Å². The van der Waals surface area contributed by atoms with Crippen LogP contribution in [0.25, 0.3) is 0 Å². The number of esters is 1. The highest BCUT2D eigenvalue weighted by Crippen LogP contribution is 2.27. The van der Waals surface area contributed by atoms with Crippen molar-refractivity contribution in [3.63, 3.8) is 0 Å². The molecule has 0 heterocycles. The third kappa shape index (κ3) is 4.00. The molecule has 0 amide bonds. The molecule has 1 fully saturated rings. The molecule has 0 radical (unpaired) electrons.